The average Bonchev–Trinajstić information content (AvgIpc) is 2.33. The van der Waals surface area contributed by atoms with Crippen molar-refractivity contribution in [3.8, 4) is 0 Å². The highest BCUT2D eigenvalue weighted by molar-refractivity contribution is 5.23. The summed E-state index contributed by atoms with van der Waals surface area (Å²) in [6.07, 6.45) is 8.68. The largest absolute Gasteiger partial charge is 0.308 e. The van der Waals surface area contributed by atoms with Crippen molar-refractivity contribution in [3.63, 3.8) is 0 Å². The first-order chi connectivity index (χ1) is 7.42. The lowest BCUT2D eigenvalue weighted by Crippen LogP contribution is -2.18. The molecule has 0 saturated heterocycles. The standard InChI is InChI=1S/C11H12N4/c1-12-11(9-2-4-13-5-3-9)10-8-14-6-7-15-10/h2-8,11-12H,1H3. The van der Waals surface area contributed by atoms with Crippen LogP contribution in [-0.2, 0) is 0 Å². The van der Waals surface area contributed by atoms with E-state index in [9.17, 15) is 0 Å². The second-order valence-corrected chi connectivity index (χ2v) is 3.13. The molecule has 76 valence electrons. The third-order valence-electron chi connectivity index (χ3n) is 2.21. The Morgan fingerprint density at radius 3 is 2.47 bits per heavy atom. The van der Waals surface area contributed by atoms with Crippen molar-refractivity contribution in [1.82, 2.24) is 20.3 Å². The molecule has 2 aromatic rings. The summed E-state index contributed by atoms with van der Waals surface area (Å²) in [4.78, 5) is 12.3. The molecule has 0 amide bonds. The Balaban J connectivity index is 2.34. The number of nitrogens with one attached hydrogen (secondary N) is 1. The van der Waals surface area contributed by atoms with Crippen molar-refractivity contribution in [3.05, 3.63) is 54.4 Å². The van der Waals surface area contributed by atoms with E-state index in [-0.39, 0.29) is 6.04 Å². The zero-order valence-electron chi connectivity index (χ0n) is 8.46. The number of nitrogens with zero attached hydrogens (tertiary/aromatic N) is 3. The molecular formula is C11H12N4. The van der Waals surface area contributed by atoms with Gasteiger partial charge in [-0.15, -0.1) is 0 Å². The van der Waals surface area contributed by atoms with Crippen molar-refractivity contribution < 1.29 is 0 Å². The van der Waals surface area contributed by atoms with Crippen molar-refractivity contribution in [1.29, 1.82) is 0 Å². The molecule has 0 saturated carbocycles. The predicted octanol–water partition coefficient (Wildman–Crippen LogP) is 1.18. The summed E-state index contributed by atoms with van der Waals surface area (Å²) in [5, 5.41) is 3.20. The van der Waals surface area contributed by atoms with E-state index in [1.54, 1.807) is 31.0 Å². The van der Waals surface area contributed by atoms with E-state index in [4.69, 9.17) is 0 Å². The third kappa shape index (κ3) is 2.16. The van der Waals surface area contributed by atoms with E-state index < -0.39 is 0 Å². The maximum atomic E-state index is 4.28. The van der Waals surface area contributed by atoms with Gasteiger partial charge in [0.2, 0.25) is 0 Å². The van der Waals surface area contributed by atoms with Crippen LogP contribution in [0.4, 0.5) is 0 Å². The maximum Gasteiger partial charge on any atom is 0.0801 e. The molecular weight excluding hydrogens is 188 g/mol. The highest BCUT2D eigenvalue weighted by Crippen LogP contribution is 2.17. The van der Waals surface area contributed by atoms with Gasteiger partial charge in [0.25, 0.3) is 0 Å². The Morgan fingerprint density at radius 2 is 1.87 bits per heavy atom. The van der Waals surface area contributed by atoms with Crippen LogP contribution in [-0.4, -0.2) is 22.0 Å². The van der Waals surface area contributed by atoms with E-state index in [2.05, 4.69) is 20.3 Å². The van der Waals surface area contributed by atoms with Gasteiger partial charge in [-0.1, -0.05) is 0 Å². The summed E-state index contributed by atoms with van der Waals surface area (Å²) in [7, 11) is 1.90. The Bertz CT molecular complexity index is 362. The molecule has 4 nitrogen and oxygen atoms in total. The molecule has 4 heteroatoms. The van der Waals surface area contributed by atoms with Crippen LogP contribution in [0.2, 0.25) is 0 Å². The van der Waals surface area contributed by atoms with Crippen LogP contribution < -0.4 is 5.32 Å². The Morgan fingerprint density at radius 1 is 1.07 bits per heavy atom. The van der Waals surface area contributed by atoms with Gasteiger partial charge < -0.3 is 5.32 Å². The fraction of sp³-hybridized carbons (Fsp3) is 0.182. The molecule has 0 bridgehead atoms. The van der Waals surface area contributed by atoms with Crippen molar-refractivity contribution >= 4 is 0 Å². The van der Waals surface area contributed by atoms with E-state index in [0.29, 0.717) is 0 Å². The first-order valence-corrected chi connectivity index (χ1v) is 4.75. The number of aromatic nitrogens is 3. The quantitative estimate of drug-likeness (QED) is 0.808. The molecule has 1 unspecified atom stereocenters. The second kappa shape index (κ2) is 4.61. The lowest BCUT2D eigenvalue weighted by molar-refractivity contribution is 0.666. The molecule has 0 radical (unpaired) electrons. The summed E-state index contributed by atoms with van der Waals surface area (Å²) < 4.78 is 0. The molecule has 0 aliphatic heterocycles. The molecule has 0 aliphatic rings. The maximum absolute atomic E-state index is 4.28. The number of hydrogen-bond acceptors (Lipinski definition) is 4. The van der Waals surface area contributed by atoms with E-state index >= 15 is 0 Å². The van der Waals surface area contributed by atoms with Crippen LogP contribution >= 0.6 is 0 Å². The normalized spacial score (nSPS) is 12.3. The van der Waals surface area contributed by atoms with Crippen molar-refractivity contribution in [2.75, 3.05) is 7.05 Å². The van der Waals surface area contributed by atoms with Gasteiger partial charge >= 0.3 is 0 Å². The summed E-state index contributed by atoms with van der Waals surface area (Å²) in [6.45, 7) is 0. The molecule has 0 fully saturated rings. The van der Waals surface area contributed by atoms with Gasteiger partial charge in [0.1, 0.15) is 0 Å². The molecule has 0 aromatic carbocycles. The Kier molecular flexibility index (Phi) is 2.99. The SMILES string of the molecule is CNC(c1ccncc1)c1cnccn1. The first-order valence-electron chi connectivity index (χ1n) is 4.75. The molecule has 0 spiro atoms. The molecule has 15 heavy (non-hydrogen) atoms. The fourth-order valence-electron chi connectivity index (χ4n) is 1.50. The summed E-state index contributed by atoms with van der Waals surface area (Å²) >= 11 is 0. The topological polar surface area (TPSA) is 50.7 Å². The Labute approximate surface area is 88.4 Å². The summed E-state index contributed by atoms with van der Waals surface area (Å²) in [5.41, 5.74) is 2.04. The molecule has 1 atom stereocenters. The fourth-order valence-corrected chi connectivity index (χ4v) is 1.50. The van der Waals surface area contributed by atoms with Gasteiger partial charge in [0.15, 0.2) is 0 Å². The van der Waals surface area contributed by atoms with Gasteiger partial charge in [-0.25, -0.2) is 0 Å². The summed E-state index contributed by atoms with van der Waals surface area (Å²) in [6, 6.07) is 4.01. The first kappa shape index (κ1) is 9.73. The number of pyridine rings is 1. The lowest BCUT2D eigenvalue weighted by atomic mass is 10.1. The van der Waals surface area contributed by atoms with Gasteiger partial charge in [0.05, 0.1) is 17.9 Å². The molecule has 2 rings (SSSR count). The van der Waals surface area contributed by atoms with Crippen molar-refractivity contribution in [2.24, 2.45) is 0 Å². The van der Waals surface area contributed by atoms with Crippen LogP contribution in [0.1, 0.15) is 17.3 Å². The second-order valence-electron chi connectivity index (χ2n) is 3.13. The monoisotopic (exact) mass is 200 g/mol. The van der Waals surface area contributed by atoms with Crippen LogP contribution in [0.15, 0.2) is 43.1 Å². The highest BCUT2D eigenvalue weighted by atomic mass is 14.9. The van der Waals surface area contributed by atoms with Crippen LogP contribution in [0.25, 0.3) is 0 Å². The predicted molar refractivity (Wildman–Crippen MR) is 57.2 cm³/mol. The minimum atomic E-state index is 0.0710. The van der Waals surface area contributed by atoms with Gasteiger partial charge in [-0.2, -0.15) is 0 Å². The minimum Gasteiger partial charge on any atom is -0.308 e. The molecule has 0 aliphatic carbocycles. The van der Waals surface area contributed by atoms with Crippen LogP contribution in [0, 0.1) is 0 Å². The third-order valence-corrected chi connectivity index (χ3v) is 2.21. The summed E-state index contributed by atoms with van der Waals surface area (Å²) in [5.74, 6) is 0. The Hall–Kier alpha value is -1.81. The molecule has 2 aromatic heterocycles. The molecule has 2 heterocycles. The van der Waals surface area contributed by atoms with Crippen LogP contribution in [0.3, 0.4) is 0 Å². The van der Waals surface area contributed by atoms with E-state index in [0.717, 1.165) is 11.3 Å². The smallest absolute Gasteiger partial charge is 0.0801 e. The zero-order valence-corrected chi connectivity index (χ0v) is 8.46. The number of hydrogen-bond donors (Lipinski definition) is 1. The number of rotatable bonds is 3. The van der Waals surface area contributed by atoms with Crippen LogP contribution in [0.5, 0.6) is 0 Å². The highest BCUT2D eigenvalue weighted by Gasteiger charge is 2.12. The van der Waals surface area contributed by atoms with E-state index in [1.807, 2.05) is 19.2 Å². The van der Waals surface area contributed by atoms with Gasteiger partial charge in [-0.3, -0.25) is 15.0 Å². The minimum absolute atomic E-state index is 0.0710. The van der Waals surface area contributed by atoms with Gasteiger partial charge in [-0.05, 0) is 24.7 Å². The van der Waals surface area contributed by atoms with Gasteiger partial charge in [0, 0.05) is 24.8 Å². The average molecular weight is 200 g/mol. The molecule has 1 N–H and O–H groups in total. The lowest BCUT2D eigenvalue weighted by Gasteiger charge is -2.14. The zero-order chi connectivity index (χ0) is 10.5. The van der Waals surface area contributed by atoms with Crippen molar-refractivity contribution in [2.45, 2.75) is 6.04 Å². The van der Waals surface area contributed by atoms with E-state index in [1.165, 1.54) is 0 Å².